The molecule has 0 aliphatic rings. The Morgan fingerprint density at radius 2 is 1.80 bits per heavy atom. The SMILES string of the molecule is CCNC(=O)Nc1cc2c(-c3cc(F)nc(F)c3)ccc(CNC(=O)OC)c2cn1. The Morgan fingerprint density at radius 3 is 2.47 bits per heavy atom. The molecule has 3 aromatic rings. The van der Waals surface area contributed by atoms with E-state index in [9.17, 15) is 18.4 Å². The van der Waals surface area contributed by atoms with E-state index in [1.54, 1.807) is 25.1 Å². The summed E-state index contributed by atoms with van der Waals surface area (Å²) in [5.74, 6) is -1.66. The van der Waals surface area contributed by atoms with Crippen molar-refractivity contribution in [2.75, 3.05) is 19.0 Å². The van der Waals surface area contributed by atoms with Crippen LogP contribution in [-0.4, -0.2) is 35.7 Å². The van der Waals surface area contributed by atoms with E-state index in [1.165, 1.54) is 13.3 Å². The number of hydrogen-bond donors (Lipinski definition) is 3. The zero-order valence-electron chi connectivity index (χ0n) is 16.3. The standard InChI is InChI=1S/C20H19F2N5O3/c1-3-23-19(28)27-18-8-14-13(12-6-16(21)26-17(22)7-12)5-4-11(15(14)10-24-18)9-25-20(29)30-2/h4-8,10H,3,9H2,1-2H3,(H,25,29)(H2,23,24,27,28). The highest BCUT2D eigenvalue weighted by molar-refractivity contribution is 6.00. The van der Waals surface area contributed by atoms with Crippen LogP contribution in [0.25, 0.3) is 21.9 Å². The minimum absolute atomic E-state index is 0.146. The maximum absolute atomic E-state index is 13.7. The number of rotatable bonds is 5. The molecule has 0 atom stereocenters. The predicted octanol–water partition coefficient (Wildman–Crippen LogP) is 3.57. The lowest BCUT2D eigenvalue weighted by atomic mass is 9.96. The second kappa shape index (κ2) is 9.12. The summed E-state index contributed by atoms with van der Waals surface area (Å²) in [6.45, 7) is 2.36. The van der Waals surface area contributed by atoms with Gasteiger partial charge in [-0.3, -0.25) is 5.32 Å². The number of urea groups is 1. The van der Waals surface area contributed by atoms with Crippen molar-refractivity contribution < 1.29 is 23.1 Å². The molecule has 156 valence electrons. The van der Waals surface area contributed by atoms with Crippen LogP contribution in [0, 0.1) is 11.9 Å². The summed E-state index contributed by atoms with van der Waals surface area (Å²) in [6.07, 6.45) is 0.913. The van der Waals surface area contributed by atoms with Crippen molar-refractivity contribution >= 4 is 28.7 Å². The number of benzene rings is 1. The number of amides is 3. The van der Waals surface area contributed by atoms with Crippen molar-refractivity contribution in [3.8, 4) is 11.1 Å². The van der Waals surface area contributed by atoms with Crippen LogP contribution in [0.5, 0.6) is 0 Å². The highest BCUT2D eigenvalue weighted by Gasteiger charge is 2.13. The van der Waals surface area contributed by atoms with Gasteiger partial charge in [0.25, 0.3) is 0 Å². The summed E-state index contributed by atoms with van der Waals surface area (Å²) < 4.78 is 32.0. The molecule has 0 aliphatic heterocycles. The Hall–Kier alpha value is -3.82. The molecule has 2 heterocycles. The number of pyridine rings is 2. The van der Waals surface area contributed by atoms with Crippen molar-refractivity contribution in [3.63, 3.8) is 0 Å². The molecule has 0 fully saturated rings. The zero-order chi connectivity index (χ0) is 21.7. The predicted molar refractivity (Wildman–Crippen MR) is 107 cm³/mol. The first-order valence-electron chi connectivity index (χ1n) is 9.03. The molecule has 1 aromatic carbocycles. The normalized spacial score (nSPS) is 10.5. The fourth-order valence-electron chi connectivity index (χ4n) is 2.95. The van der Waals surface area contributed by atoms with Gasteiger partial charge >= 0.3 is 12.1 Å². The summed E-state index contributed by atoms with van der Waals surface area (Å²) in [7, 11) is 1.25. The Morgan fingerprint density at radius 1 is 1.07 bits per heavy atom. The number of fused-ring (bicyclic) bond motifs is 1. The summed E-state index contributed by atoms with van der Waals surface area (Å²) >= 11 is 0. The third kappa shape index (κ3) is 4.77. The molecule has 30 heavy (non-hydrogen) atoms. The van der Waals surface area contributed by atoms with Crippen LogP contribution >= 0.6 is 0 Å². The van der Waals surface area contributed by atoms with E-state index in [-0.39, 0.29) is 17.9 Å². The first-order valence-corrected chi connectivity index (χ1v) is 9.03. The van der Waals surface area contributed by atoms with Crippen LogP contribution in [-0.2, 0) is 11.3 Å². The van der Waals surface area contributed by atoms with Crippen LogP contribution in [0.1, 0.15) is 12.5 Å². The van der Waals surface area contributed by atoms with Crippen LogP contribution in [0.3, 0.4) is 0 Å². The highest BCUT2D eigenvalue weighted by Crippen LogP contribution is 2.32. The average molecular weight is 415 g/mol. The van der Waals surface area contributed by atoms with Crippen molar-refractivity contribution in [2.24, 2.45) is 0 Å². The van der Waals surface area contributed by atoms with Gasteiger partial charge in [0.1, 0.15) is 5.82 Å². The molecule has 0 saturated heterocycles. The molecule has 3 N–H and O–H groups in total. The number of carbonyl (C=O) groups excluding carboxylic acids is 2. The molecular formula is C20H19F2N5O3. The van der Waals surface area contributed by atoms with Crippen molar-refractivity contribution in [1.82, 2.24) is 20.6 Å². The fraction of sp³-hybridized carbons (Fsp3) is 0.200. The van der Waals surface area contributed by atoms with Gasteiger partial charge in [-0.05, 0) is 35.1 Å². The number of carbonyl (C=O) groups is 2. The second-order valence-corrected chi connectivity index (χ2v) is 6.22. The highest BCUT2D eigenvalue weighted by atomic mass is 19.1. The maximum Gasteiger partial charge on any atom is 0.407 e. The van der Waals surface area contributed by atoms with Gasteiger partial charge in [-0.1, -0.05) is 12.1 Å². The monoisotopic (exact) mass is 415 g/mol. The van der Waals surface area contributed by atoms with Crippen molar-refractivity contribution in [2.45, 2.75) is 13.5 Å². The number of aromatic nitrogens is 2. The van der Waals surface area contributed by atoms with Gasteiger partial charge in [0.2, 0.25) is 11.9 Å². The van der Waals surface area contributed by atoms with Crippen molar-refractivity contribution in [1.29, 1.82) is 0 Å². The van der Waals surface area contributed by atoms with Gasteiger partial charge in [-0.2, -0.15) is 13.8 Å². The lowest BCUT2D eigenvalue weighted by molar-refractivity contribution is 0.170. The Bertz CT molecular complexity index is 1090. The topological polar surface area (TPSA) is 105 Å². The van der Waals surface area contributed by atoms with E-state index in [2.05, 4.69) is 30.7 Å². The van der Waals surface area contributed by atoms with E-state index in [0.29, 0.717) is 28.4 Å². The number of nitrogens with one attached hydrogen (secondary N) is 3. The number of alkyl carbamates (subject to hydrolysis) is 1. The maximum atomic E-state index is 13.7. The number of nitrogens with zero attached hydrogens (tertiary/aromatic N) is 2. The molecular weight excluding hydrogens is 396 g/mol. The summed E-state index contributed by atoms with van der Waals surface area (Å²) in [4.78, 5) is 30.6. The molecule has 0 spiro atoms. The zero-order valence-corrected chi connectivity index (χ0v) is 16.3. The summed E-state index contributed by atoms with van der Waals surface area (Å²) in [6, 6.07) is 6.76. The van der Waals surface area contributed by atoms with E-state index in [1.807, 2.05) is 0 Å². The van der Waals surface area contributed by atoms with Crippen LogP contribution in [0.4, 0.5) is 24.2 Å². The van der Waals surface area contributed by atoms with Crippen LogP contribution < -0.4 is 16.0 Å². The molecule has 2 aromatic heterocycles. The smallest absolute Gasteiger partial charge is 0.407 e. The van der Waals surface area contributed by atoms with Gasteiger partial charge in [0, 0.05) is 36.8 Å². The first kappa shape index (κ1) is 20.9. The Kier molecular flexibility index (Phi) is 6.35. The second-order valence-electron chi connectivity index (χ2n) is 6.22. The largest absolute Gasteiger partial charge is 0.453 e. The van der Waals surface area contributed by atoms with E-state index in [0.717, 1.165) is 12.1 Å². The van der Waals surface area contributed by atoms with Gasteiger partial charge in [0.15, 0.2) is 0 Å². The number of hydrogen-bond acceptors (Lipinski definition) is 5. The number of halogens is 2. The number of methoxy groups -OCH3 is 1. The van der Waals surface area contributed by atoms with Gasteiger partial charge in [-0.25, -0.2) is 14.6 Å². The molecule has 0 bridgehead atoms. The summed E-state index contributed by atoms with van der Waals surface area (Å²) in [5.41, 5.74) is 1.48. The van der Waals surface area contributed by atoms with Gasteiger partial charge in [-0.15, -0.1) is 0 Å². The molecule has 0 saturated carbocycles. The van der Waals surface area contributed by atoms with Gasteiger partial charge < -0.3 is 15.4 Å². The summed E-state index contributed by atoms with van der Waals surface area (Å²) in [5, 5.41) is 8.98. The third-order valence-electron chi connectivity index (χ3n) is 4.25. The lowest BCUT2D eigenvalue weighted by Gasteiger charge is -2.14. The Balaban J connectivity index is 2.11. The quantitative estimate of drug-likeness (QED) is 0.553. The Labute approximate surface area is 170 Å². The first-order chi connectivity index (χ1) is 14.4. The van der Waals surface area contributed by atoms with Crippen LogP contribution in [0.15, 0.2) is 36.5 Å². The number of anilines is 1. The molecule has 3 amide bonds. The minimum Gasteiger partial charge on any atom is -0.453 e. The lowest BCUT2D eigenvalue weighted by Crippen LogP contribution is -2.28. The molecule has 0 aliphatic carbocycles. The van der Waals surface area contributed by atoms with Crippen molar-refractivity contribution in [3.05, 3.63) is 54.0 Å². The third-order valence-corrected chi connectivity index (χ3v) is 4.25. The van der Waals surface area contributed by atoms with E-state index in [4.69, 9.17) is 0 Å². The van der Waals surface area contributed by atoms with E-state index < -0.39 is 24.0 Å². The van der Waals surface area contributed by atoms with Crippen LogP contribution in [0.2, 0.25) is 0 Å². The average Bonchev–Trinajstić information content (AvgIpc) is 2.70. The minimum atomic E-state index is -0.954. The van der Waals surface area contributed by atoms with E-state index >= 15 is 0 Å². The molecule has 8 nitrogen and oxygen atoms in total. The number of ether oxygens (including phenoxy) is 1. The van der Waals surface area contributed by atoms with Gasteiger partial charge in [0.05, 0.1) is 7.11 Å². The molecule has 10 heteroatoms. The molecule has 3 rings (SSSR count). The fourth-order valence-corrected chi connectivity index (χ4v) is 2.95. The molecule has 0 radical (unpaired) electrons. The molecule has 0 unspecified atom stereocenters.